The summed E-state index contributed by atoms with van der Waals surface area (Å²) in [5.41, 5.74) is 2.60. The Morgan fingerprint density at radius 2 is 1.94 bits per heavy atom. The highest BCUT2D eigenvalue weighted by molar-refractivity contribution is 6.30. The predicted molar refractivity (Wildman–Crippen MR) is 79.0 cm³/mol. The summed E-state index contributed by atoms with van der Waals surface area (Å²) in [5, 5.41) is 4.17. The quantitative estimate of drug-likeness (QED) is 0.899. The van der Waals surface area contributed by atoms with Gasteiger partial charge in [0.2, 0.25) is 0 Å². The summed E-state index contributed by atoms with van der Waals surface area (Å²) >= 11 is 5.89. The topological polar surface area (TPSA) is 15.3 Å². The Morgan fingerprint density at radius 1 is 1.28 bits per heavy atom. The molecule has 0 bridgehead atoms. The number of nitrogens with zero attached hydrogens (tertiary/aromatic N) is 1. The van der Waals surface area contributed by atoms with Gasteiger partial charge in [-0.3, -0.25) is 0 Å². The molecule has 18 heavy (non-hydrogen) atoms. The lowest BCUT2D eigenvalue weighted by Gasteiger charge is -2.26. The average Bonchev–Trinajstić information content (AvgIpc) is 2.40. The average molecular weight is 265 g/mol. The molecule has 3 heteroatoms. The molecule has 2 rings (SSSR count). The molecule has 0 amide bonds. The van der Waals surface area contributed by atoms with Crippen LogP contribution in [0.4, 0.5) is 0 Å². The second-order valence-electron chi connectivity index (χ2n) is 4.77. The molecule has 1 aliphatic rings. The number of nitrogens with one attached hydrogen (secondary N) is 1. The third-order valence-corrected chi connectivity index (χ3v) is 3.66. The van der Waals surface area contributed by atoms with Crippen LogP contribution in [0.25, 0.3) is 5.57 Å². The molecule has 98 valence electrons. The van der Waals surface area contributed by atoms with Crippen LogP contribution in [0.5, 0.6) is 0 Å². The highest BCUT2D eigenvalue weighted by atomic mass is 35.5. The zero-order chi connectivity index (χ0) is 12.8. The first-order valence-electron chi connectivity index (χ1n) is 6.61. The molecule has 0 aliphatic carbocycles. The molecule has 1 saturated heterocycles. The third-order valence-electron chi connectivity index (χ3n) is 3.41. The lowest BCUT2D eigenvalue weighted by molar-refractivity contribution is 0.245. The van der Waals surface area contributed by atoms with Crippen LogP contribution >= 0.6 is 11.6 Å². The smallest absolute Gasteiger partial charge is 0.0406 e. The normalized spacial score (nSPS) is 18.0. The second kappa shape index (κ2) is 6.93. The molecule has 1 heterocycles. The van der Waals surface area contributed by atoms with E-state index in [0.717, 1.165) is 31.1 Å². The van der Waals surface area contributed by atoms with E-state index < -0.39 is 0 Å². The molecule has 1 fully saturated rings. The van der Waals surface area contributed by atoms with Gasteiger partial charge < -0.3 is 10.2 Å². The van der Waals surface area contributed by atoms with E-state index in [9.17, 15) is 0 Å². The Labute approximate surface area is 115 Å². The van der Waals surface area contributed by atoms with Gasteiger partial charge >= 0.3 is 0 Å². The highest BCUT2D eigenvalue weighted by Crippen LogP contribution is 2.17. The number of halogens is 1. The molecule has 0 spiro atoms. The minimum atomic E-state index is 0.798. The summed E-state index contributed by atoms with van der Waals surface area (Å²) in [6.45, 7) is 7.93. The monoisotopic (exact) mass is 264 g/mol. The van der Waals surface area contributed by atoms with E-state index in [2.05, 4.69) is 35.3 Å². The van der Waals surface area contributed by atoms with Crippen LogP contribution in [0.2, 0.25) is 5.02 Å². The molecule has 1 aromatic carbocycles. The van der Waals surface area contributed by atoms with Crippen LogP contribution in [-0.4, -0.2) is 37.6 Å². The van der Waals surface area contributed by atoms with Gasteiger partial charge in [-0.25, -0.2) is 0 Å². The number of benzene rings is 1. The molecule has 0 saturated carbocycles. The number of piperazine rings is 1. The van der Waals surface area contributed by atoms with E-state index in [1.807, 2.05) is 12.1 Å². The van der Waals surface area contributed by atoms with Crippen molar-refractivity contribution < 1.29 is 0 Å². The van der Waals surface area contributed by atoms with Gasteiger partial charge in [0.25, 0.3) is 0 Å². The summed E-state index contributed by atoms with van der Waals surface area (Å²) in [7, 11) is 0. The lowest BCUT2D eigenvalue weighted by Crippen LogP contribution is -2.43. The van der Waals surface area contributed by atoms with Gasteiger partial charge in [-0.05, 0) is 36.6 Å². The highest BCUT2D eigenvalue weighted by Gasteiger charge is 2.07. The molecule has 2 nitrogen and oxygen atoms in total. The molecule has 0 aromatic heterocycles. The van der Waals surface area contributed by atoms with Gasteiger partial charge in [-0.2, -0.15) is 0 Å². The van der Waals surface area contributed by atoms with Crippen molar-refractivity contribution in [2.75, 3.05) is 32.7 Å². The van der Waals surface area contributed by atoms with Crippen molar-refractivity contribution >= 4 is 17.2 Å². The summed E-state index contributed by atoms with van der Waals surface area (Å²) in [6, 6.07) is 8.06. The maximum atomic E-state index is 5.89. The number of rotatable bonds is 4. The molecule has 1 N–H and O–H groups in total. The Hall–Kier alpha value is -0.830. The lowest BCUT2D eigenvalue weighted by atomic mass is 10.1. The fourth-order valence-electron chi connectivity index (χ4n) is 2.23. The van der Waals surface area contributed by atoms with E-state index in [4.69, 9.17) is 11.6 Å². The Bertz CT molecular complexity index is 391. The zero-order valence-corrected chi connectivity index (χ0v) is 11.7. The van der Waals surface area contributed by atoms with E-state index in [-0.39, 0.29) is 0 Å². The first-order chi connectivity index (χ1) is 8.75. The fourth-order valence-corrected chi connectivity index (χ4v) is 2.36. The van der Waals surface area contributed by atoms with Gasteiger partial charge in [0.15, 0.2) is 0 Å². The molecular formula is C15H21ClN2. The van der Waals surface area contributed by atoms with Crippen LogP contribution in [-0.2, 0) is 0 Å². The van der Waals surface area contributed by atoms with Crippen LogP contribution in [0.15, 0.2) is 30.3 Å². The van der Waals surface area contributed by atoms with E-state index in [1.54, 1.807) is 0 Å². The molecule has 0 radical (unpaired) electrons. The van der Waals surface area contributed by atoms with Gasteiger partial charge in [0.05, 0.1) is 0 Å². The summed E-state index contributed by atoms with van der Waals surface area (Å²) in [6.07, 6.45) is 3.44. The number of allylic oxidation sites excluding steroid dienone is 1. The molecular weight excluding hydrogens is 244 g/mol. The Morgan fingerprint density at radius 3 is 2.61 bits per heavy atom. The maximum Gasteiger partial charge on any atom is 0.0406 e. The van der Waals surface area contributed by atoms with E-state index in [0.29, 0.717) is 0 Å². The summed E-state index contributed by atoms with van der Waals surface area (Å²) in [5.74, 6) is 0. The number of hydrogen-bond donors (Lipinski definition) is 1. The number of hydrogen-bond acceptors (Lipinski definition) is 2. The van der Waals surface area contributed by atoms with E-state index >= 15 is 0 Å². The zero-order valence-electron chi connectivity index (χ0n) is 11.0. The summed E-state index contributed by atoms with van der Waals surface area (Å²) < 4.78 is 0. The van der Waals surface area contributed by atoms with Gasteiger partial charge in [-0.15, -0.1) is 0 Å². The molecule has 0 atom stereocenters. The largest absolute Gasteiger partial charge is 0.314 e. The Balaban J connectivity index is 1.82. The third kappa shape index (κ3) is 4.13. The van der Waals surface area contributed by atoms with Gasteiger partial charge in [-0.1, -0.05) is 29.8 Å². The van der Waals surface area contributed by atoms with Crippen LogP contribution < -0.4 is 5.32 Å². The SMILES string of the molecule is C/C(=C\CCN1CCNCC1)c1ccc(Cl)cc1. The van der Waals surface area contributed by atoms with Gasteiger partial charge in [0, 0.05) is 37.7 Å². The van der Waals surface area contributed by atoms with Crippen LogP contribution in [0, 0.1) is 0 Å². The first kappa shape index (κ1) is 13.6. The van der Waals surface area contributed by atoms with Crippen molar-refractivity contribution in [3.63, 3.8) is 0 Å². The Kier molecular flexibility index (Phi) is 5.24. The predicted octanol–water partition coefficient (Wildman–Crippen LogP) is 3.04. The van der Waals surface area contributed by atoms with Crippen molar-refractivity contribution in [1.29, 1.82) is 0 Å². The van der Waals surface area contributed by atoms with Crippen LogP contribution in [0.1, 0.15) is 18.9 Å². The van der Waals surface area contributed by atoms with E-state index in [1.165, 1.54) is 24.2 Å². The molecule has 1 aliphatic heterocycles. The minimum Gasteiger partial charge on any atom is -0.314 e. The first-order valence-corrected chi connectivity index (χ1v) is 6.99. The maximum absolute atomic E-state index is 5.89. The molecule has 0 unspecified atom stereocenters. The van der Waals surface area contributed by atoms with Crippen molar-refractivity contribution in [2.24, 2.45) is 0 Å². The van der Waals surface area contributed by atoms with Gasteiger partial charge in [0.1, 0.15) is 0 Å². The fraction of sp³-hybridized carbons (Fsp3) is 0.467. The van der Waals surface area contributed by atoms with Crippen LogP contribution in [0.3, 0.4) is 0 Å². The second-order valence-corrected chi connectivity index (χ2v) is 5.21. The van der Waals surface area contributed by atoms with Crippen molar-refractivity contribution in [2.45, 2.75) is 13.3 Å². The molecule has 1 aromatic rings. The summed E-state index contributed by atoms with van der Waals surface area (Å²) in [4.78, 5) is 2.52. The standard InChI is InChI=1S/C15H21ClN2/c1-13(14-4-6-15(16)7-5-14)3-2-10-18-11-8-17-9-12-18/h3-7,17H,2,8-12H2,1H3/b13-3+. The minimum absolute atomic E-state index is 0.798. The van der Waals surface area contributed by atoms with Crippen molar-refractivity contribution in [3.8, 4) is 0 Å². The van der Waals surface area contributed by atoms with Crippen molar-refractivity contribution in [3.05, 3.63) is 40.9 Å². The van der Waals surface area contributed by atoms with Crippen molar-refractivity contribution in [1.82, 2.24) is 10.2 Å².